The molecule has 0 radical (unpaired) electrons. The van der Waals surface area contributed by atoms with Crippen LogP contribution in [0.25, 0.3) is 22.6 Å². The van der Waals surface area contributed by atoms with Gasteiger partial charge < -0.3 is 9.72 Å². The predicted octanol–water partition coefficient (Wildman–Crippen LogP) is 5.14. The zero-order valence-corrected chi connectivity index (χ0v) is 16.2. The van der Waals surface area contributed by atoms with Gasteiger partial charge in [0.1, 0.15) is 24.3 Å². The molecule has 0 atom stereocenters. The number of benzene rings is 2. The van der Waals surface area contributed by atoms with Crippen molar-refractivity contribution in [3.63, 3.8) is 0 Å². The molecule has 0 saturated heterocycles. The lowest BCUT2D eigenvalue weighted by molar-refractivity contribution is -0.137. The highest BCUT2D eigenvalue weighted by atomic mass is 19.4. The third-order valence-corrected chi connectivity index (χ3v) is 4.49. The number of nitrogens with one attached hydrogen (secondary N) is 1. The van der Waals surface area contributed by atoms with Gasteiger partial charge in [0.05, 0.1) is 16.8 Å². The summed E-state index contributed by atoms with van der Waals surface area (Å²) in [7, 11) is 0. The van der Waals surface area contributed by atoms with Crippen LogP contribution in [0, 0.1) is 17.1 Å². The number of alkyl halides is 3. The Hall–Kier alpha value is -4.26. The smallest absolute Gasteiger partial charge is 0.417 e. The number of nitrogens with zero attached hydrogens (tertiary/aromatic N) is 4. The number of hydrogen-bond donors (Lipinski definition) is 1. The monoisotopic (exact) mass is 439 g/mol. The molecule has 2 aromatic heterocycles. The molecule has 2 aromatic carbocycles. The van der Waals surface area contributed by atoms with Crippen LogP contribution in [-0.4, -0.2) is 19.9 Å². The second-order valence-electron chi connectivity index (χ2n) is 6.61. The van der Waals surface area contributed by atoms with Crippen LogP contribution in [0.1, 0.15) is 16.8 Å². The average Bonchev–Trinajstić information content (AvgIpc) is 3.22. The lowest BCUT2D eigenvalue weighted by Gasteiger charge is -2.11. The highest BCUT2D eigenvalue weighted by Crippen LogP contribution is 2.38. The summed E-state index contributed by atoms with van der Waals surface area (Å²) >= 11 is 0. The summed E-state index contributed by atoms with van der Waals surface area (Å²) in [6.07, 6.45) is -2.15. The van der Waals surface area contributed by atoms with Gasteiger partial charge in [-0.2, -0.15) is 18.4 Å². The second kappa shape index (κ2) is 8.47. The lowest BCUT2D eigenvalue weighted by Crippen LogP contribution is -2.09. The van der Waals surface area contributed by atoms with E-state index in [0.717, 1.165) is 23.8 Å². The molecule has 0 amide bonds. The molecule has 10 heteroatoms. The zero-order valence-electron chi connectivity index (χ0n) is 16.2. The van der Waals surface area contributed by atoms with Gasteiger partial charge in [0, 0.05) is 18.0 Å². The molecule has 4 rings (SSSR count). The van der Waals surface area contributed by atoms with Crippen molar-refractivity contribution >= 4 is 0 Å². The summed E-state index contributed by atoms with van der Waals surface area (Å²) in [6, 6.07) is 13.8. The van der Waals surface area contributed by atoms with Gasteiger partial charge in [0.25, 0.3) is 0 Å². The van der Waals surface area contributed by atoms with E-state index in [9.17, 15) is 22.8 Å². The van der Waals surface area contributed by atoms with E-state index in [1.54, 1.807) is 6.07 Å². The van der Waals surface area contributed by atoms with E-state index in [2.05, 4.69) is 19.9 Å². The first-order valence-corrected chi connectivity index (χ1v) is 9.22. The number of imidazole rings is 1. The van der Waals surface area contributed by atoms with Gasteiger partial charge in [0.2, 0.25) is 0 Å². The molecule has 0 fully saturated rings. The van der Waals surface area contributed by atoms with Gasteiger partial charge in [-0.15, -0.1) is 0 Å². The Balaban J connectivity index is 1.65. The summed E-state index contributed by atoms with van der Waals surface area (Å²) in [4.78, 5) is 14.6. The Kier molecular flexibility index (Phi) is 5.55. The van der Waals surface area contributed by atoms with Crippen LogP contribution < -0.4 is 4.74 Å². The maximum atomic E-state index is 14.3. The van der Waals surface area contributed by atoms with E-state index in [1.165, 1.54) is 12.4 Å². The van der Waals surface area contributed by atoms with Gasteiger partial charge in [0.15, 0.2) is 5.69 Å². The number of H-pyrrole nitrogens is 1. The zero-order chi connectivity index (χ0) is 22.7. The fourth-order valence-corrected chi connectivity index (χ4v) is 3.02. The fraction of sp³-hybridized carbons (Fsp3) is 0.0909. The van der Waals surface area contributed by atoms with Crippen LogP contribution in [0.5, 0.6) is 6.01 Å². The van der Waals surface area contributed by atoms with Crippen molar-refractivity contribution in [2.24, 2.45) is 0 Å². The van der Waals surface area contributed by atoms with Crippen LogP contribution in [0.2, 0.25) is 0 Å². The number of hydrogen-bond acceptors (Lipinski definition) is 5. The first-order valence-electron chi connectivity index (χ1n) is 9.22. The molecule has 0 spiro atoms. The standard InChI is InChI=1S/C22H13F4N5O/c23-16-8-4-7-15(22(24,25)26)18(16)20-30-17(9-27)19(31-20)14-10-28-21(29-11-14)32-12-13-5-2-1-3-6-13/h1-8,10-11H,12H2,(H,30,31). The van der Waals surface area contributed by atoms with Crippen molar-refractivity contribution in [2.75, 3.05) is 0 Å². The highest BCUT2D eigenvalue weighted by Gasteiger charge is 2.36. The molecule has 1 N–H and O–H groups in total. The van der Waals surface area contributed by atoms with E-state index >= 15 is 0 Å². The van der Waals surface area contributed by atoms with E-state index in [-0.39, 0.29) is 29.6 Å². The Labute approximate surface area is 179 Å². The number of ether oxygens (including phenoxy) is 1. The number of halogens is 4. The predicted molar refractivity (Wildman–Crippen MR) is 105 cm³/mol. The van der Waals surface area contributed by atoms with Crippen LogP contribution in [0.3, 0.4) is 0 Å². The summed E-state index contributed by atoms with van der Waals surface area (Å²) in [5.74, 6) is -1.54. The molecule has 0 unspecified atom stereocenters. The summed E-state index contributed by atoms with van der Waals surface area (Å²) in [5, 5.41) is 9.39. The van der Waals surface area contributed by atoms with Crippen molar-refractivity contribution in [2.45, 2.75) is 12.8 Å². The van der Waals surface area contributed by atoms with Crippen LogP contribution >= 0.6 is 0 Å². The van der Waals surface area contributed by atoms with E-state index in [1.807, 2.05) is 30.3 Å². The Morgan fingerprint density at radius 3 is 2.38 bits per heavy atom. The normalized spacial score (nSPS) is 11.2. The van der Waals surface area contributed by atoms with Gasteiger partial charge in [-0.25, -0.2) is 19.3 Å². The Bertz CT molecular complexity index is 1280. The van der Waals surface area contributed by atoms with Crippen molar-refractivity contribution in [1.29, 1.82) is 5.26 Å². The molecule has 160 valence electrons. The largest absolute Gasteiger partial charge is 0.459 e. The molecule has 6 nitrogen and oxygen atoms in total. The maximum absolute atomic E-state index is 14.3. The van der Waals surface area contributed by atoms with Gasteiger partial charge in [-0.1, -0.05) is 36.4 Å². The van der Waals surface area contributed by atoms with Gasteiger partial charge in [-0.05, 0) is 17.7 Å². The molecule has 0 bridgehead atoms. The molecule has 0 aliphatic rings. The molecule has 4 aromatic rings. The Morgan fingerprint density at radius 1 is 1.00 bits per heavy atom. The average molecular weight is 439 g/mol. The molecule has 2 heterocycles. The third-order valence-electron chi connectivity index (χ3n) is 4.49. The van der Waals surface area contributed by atoms with Crippen molar-refractivity contribution in [3.05, 3.63) is 83.6 Å². The maximum Gasteiger partial charge on any atom is 0.417 e. The van der Waals surface area contributed by atoms with Crippen LogP contribution in [0.15, 0.2) is 60.9 Å². The van der Waals surface area contributed by atoms with E-state index in [0.29, 0.717) is 0 Å². The highest BCUT2D eigenvalue weighted by molar-refractivity contribution is 5.71. The number of aromatic amines is 1. The SMILES string of the molecule is N#Cc1nc(-c2c(F)cccc2C(F)(F)F)[nH]c1-c1cnc(OCc2ccccc2)nc1. The van der Waals surface area contributed by atoms with Crippen molar-refractivity contribution in [1.82, 2.24) is 19.9 Å². The first-order chi connectivity index (χ1) is 15.4. The van der Waals surface area contributed by atoms with Gasteiger partial charge >= 0.3 is 12.2 Å². The quantitative estimate of drug-likeness (QED) is 0.435. The number of aromatic nitrogens is 4. The van der Waals surface area contributed by atoms with E-state index in [4.69, 9.17) is 4.74 Å². The summed E-state index contributed by atoms with van der Waals surface area (Å²) in [6.45, 7) is 0.241. The lowest BCUT2D eigenvalue weighted by atomic mass is 10.1. The molecule has 0 aliphatic carbocycles. The second-order valence-corrected chi connectivity index (χ2v) is 6.61. The molecular formula is C22H13F4N5O. The fourth-order valence-electron chi connectivity index (χ4n) is 3.02. The molecule has 32 heavy (non-hydrogen) atoms. The minimum absolute atomic E-state index is 0.0634. The van der Waals surface area contributed by atoms with E-state index < -0.39 is 28.9 Å². The topological polar surface area (TPSA) is 87.5 Å². The molecule has 0 aliphatic heterocycles. The summed E-state index contributed by atoms with van der Waals surface area (Å²) in [5.41, 5.74) is -0.950. The third kappa shape index (κ3) is 4.27. The molecule has 0 saturated carbocycles. The minimum atomic E-state index is -4.81. The first kappa shape index (κ1) is 21.0. The molecular weight excluding hydrogens is 426 g/mol. The minimum Gasteiger partial charge on any atom is -0.459 e. The number of rotatable bonds is 5. The van der Waals surface area contributed by atoms with Crippen molar-refractivity contribution in [3.8, 4) is 34.7 Å². The summed E-state index contributed by atoms with van der Waals surface area (Å²) < 4.78 is 59.9. The number of nitriles is 1. The van der Waals surface area contributed by atoms with Crippen LogP contribution in [0.4, 0.5) is 17.6 Å². The van der Waals surface area contributed by atoms with Gasteiger partial charge in [-0.3, -0.25) is 0 Å². The van der Waals surface area contributed by atoms with Crippen molar-refractivity contribution < 1.29 is 22.3 Å². The van der Waals surface area contributed by atoms with Crippen LogP contribution in [-0.2, 0) is 12.8 Å². The Morgan fingerprint density at radius 2 is 1.72 bits per heavy atom.